The molecule has 0 heterocycles. The molecule has 0 radical (unpaired) electrons. The van der Waals surface area contributed by atoms with Crippen LogP contribution in [0.15, 0.2) is 21.1 Å². The standard InChI is InChI=1S/C11H14Br2O3/c1-7(15-2)6-16-11-9(12)3-8(5-14)4-10(11)13/h3-4,7,14H,5-6H2,1-2H3. The third kappa shape index (κ3) is 3.73. The summed E-state index contributed by atoms with van der Waals surface area (Å²) in [6.45, 7) is 2.42. The quantitative estimate of drug-likeness (QED) is 0.883. The Morgan fingerprint density at radius 2 is 1.88 bits per heavy atom. The van der Waals surface area contributed by atoms with Crippen molar-refractivity contribution in [2.45, 2.75) is 19.6 Å². The van der Waals surface area contributed by atoms with Crippen molar-refractivity contribution >= 4 is 31.9 Å². The van der Waals surface area contributed by atoms with Crippen LogP contribution in [0.25, 0.3) is 0 Å². The molecule has 0 fully saturated rings. The largest absolute Gasteiger partial charge is 0.489 e. The van der Waals surface area contributed by atoms with Crippen molar-refractivity contribution in [2.24, 2.45) is 0 Å². The normalized spacial score (nSPS) is 12.6. The summed E-state index contributed by atoms with van der Waals surface area (Å²) >= 11 is 6.81. The van der Waals surface area contributed by atoms with Crippen LogP contribution in [0, 0.1) is 0 Å². The third-order valence-corrected chi connectivity index (χ3v) is 3.28. The Kier molecular flexibility index (Phi) is 5.75. The summed E-state index contributed by atoms with van der Waals surface area (Å²) < 4.78 is 12.3. The van der Waals surface area contributed by atoms with Crippen molar-refractivity contribution in [1.82, 2.24) is 0 Å². The number of halogens is 2. The summed E-state index contributed by atoms with van der Waals surface area (Å²) in [4.78, 5) is 0. The fourth-order valence-electron chi connectivity index (χ4n) is 1.11. The second kappa shape index (κ2) is 6.59. The van der Waals surface area contributed by atoms with Crippen LogP contribution in [-0.2, 0) is 11.3 Å². The van der Waals surface area contributed by atoms with Gasteiger partial charge in [-0.1, -0.05) is 0 Å². The molecule has 1 N–H and O–H groups in total. The number of benzene rings is 1. The molecule has 0 bridgehead atoms. The van der Waals surface area contributed by atoms with Crippen LogP contribution < -0.4 is 4.74 Å². The number of aliphatic hydroxyl groups excluding tert-OH is 1. The van der Waals surface area contributed by atoms with Gasteiger partial charge in [0.1, 0.15) is 12.4 Å². The first-order chi connectivity index (χ1) is 7.58. The summed E-state index contributed by atoms with van der Waals surface area (Å²) in [5.41, 5.74) is 0.825. The van der Waals surface area contributed by atoms with Gasteiger partial charge in [-0.25, -0.2) is 0 Å². The Bertz CT molecular complexity index is 332. The van der Waals surface area contributed by atoms with Crippen molar-refractivity contribution in [2.75, 3.05) is 13.7 Å². The van der Waals surface area contributed by atoms with Gasteiger partial charge in [0.2, 0.25) is 0 Å². The Morgan fingerprint density at radius 1 is 1.31 bits per heavy atom. The van der Waals surface area contributed by atoms with E-state index in [4.69, 9.17) is 14.6 Å². The van der Waals surface area contributed by atoms with Gasteiger partial charge < -0.3 is 14.6 Å². The first-order valence-electron chi connectivity index (χ1n) is 4.82. The maximum Gasteiger partial charge on any atom is 0.147 e. The molecular formula is C11H14Br2O3. The number of hydrogen-bond donors (Lipinski definition) is 1. The Hall–Kier alpha value is -0.100. The van der Waals surface area contributed by atoms with Gasteiger partial charge in [-0.2, -0.15) is 0 Å². The average Bonchev–Trinajstić information content (AvgIpc) is 2.27. The molecule has 16 heavy (non-hydrogen) atoms. The van der Waals surface area contributed by atoms with E-state index in [-0.39, 0.29) is 12.7 Å². The van der Waals surface area contributed by atoms with Gasteiger partial charge in [-0.05, 0) is 56.5 Å². The maximum absolute atomic E-state index is 9.03. The van der Waals surface area contributed by atoms with E-state index in [2.05, 4.69) is 31.9 Å². The van der Waals surface area contributed by atoms with Crippen LogP contribution in [0.2, 0.25) is 0 Å². The zero-order valence-electron chi connectivity index (χ0n) is 9.17. The molecule has 1 atom stereocenters. The van der Waals surface area contributed by atoms with E-state index in [9.17, 15) is 0 Å². The minimum atomic E-state index is 0.00591. The Balaban J connectivity index is 2.80. The maximum atomic E-state index is 9.03. The minimum Gasteiger partial charge on any atom is -0.489 e. The molecule has 1 aromatic carbocycles. The van der Waals surface area contributed by atoms with Crippen LogP contribution in [0.1, 0.15) is 12.5 Å². The monoisotopic (exact) mass is 352 g/mol. The molecule has 1 unspecified atom stereocenters. The van der Waals surface area contributed by atoms with Gasteiger partial charge in [0.15, 0.2) is 0 Å². The third-order valence-electron chi connectivity index (χ3n) is 2.11. The van der Waals surface area contributed by atoms with Crippen molar-refractivity contribution in [1.29, 1.82) is 0 Å². The molecule has 0 amide bonds. The first-order valence-corrected chi connectivity index (χ1v) is 6.41. The van der Waals surface area contributed by atoms with Crippen LogP contribution >= 0.6 is 31.9 Å². The predicted molar refractivity (Wildman–Crippen MR) is 69.7 cm³/mol. The van der Waals surface area contributed by atoms with Crippen LogP contribution in [0.4, 0.5) is 0 Å². The number of hydrogen-bond acceptors (Lipinski definition) is 3. The van der Waals surface area contributed by atoms with Gasteiger partial charge in [0.25, 0.3) is 0 Å². The van der Waals surface area contributed by atoms with E-state index in [1.54, 1.807) is 7.11 Å². The van der Waals surface area contributed by atoms with Crippen LogP contribution in [-0.4, -0.2) is 24.9 Å². The predicted octanol–water partition coefficient (Wildman–Crippen LogP) is 3.12. The molecular weight excluding hydrogens is 340 g/mol. The zero-order chi connectivity index (χ0) is 12.1. The highest BCUT2D eigenvalue weighted by Gasteiger charge is 2.10. The molecule has 1 aromatic rings. The van der Waals surface area contributed by atoms with Gasteiger partial charge >= 0.3 is 0 Å². The van der Waals surface area contributed by atoms with E-state index in [1.807, 2.05) is 19.1 Å². The fourth-order valence-corrected chi connectivity index (χ4v) is 2.62. The second-order valence-electron chi connectivity index (χ2n) is 3.40. The zero-order valence-corrected chi connectivity index (χ0v) is 12.3. The first kappa shape index (κ1) is 14.0. The summed E-state index contributed by atoms with van der Waals surface area (Å²) in [6.07, 6.45) is 0.0383. The summed E-state index contributed by atoms with van der Waals surface area (Å²) in [5, 5.41) is 9.03. The number of methoxy groups -OCH3 is 1. The van der Waals surface area contributed by atoms with E-state index in [1.165, 1.54) is 0 Å². The van der Waals surface area contributed by atoms with E-state index in [0.717, 1.165) is 20.3 Å². The molecule has 0 saturated heterocycles. The van der Waals surface area contributed by atoms with Crippen molar-refractivity contribution in [3.63, 3.8) is 0 Å². The van der Waals surface area contributed by atoms with Gasteiger partial charge in [-0.3, -0.25) is 0 Å². The molecule has 0 aliphatic carbocycles. The van der Waals surface area contributed by atoms with Gasteiger partial charge in [0.05, 0.1) is 21.7 Å². The molecule has 1 rings (SSSR count). The Morgan fingerprint density at radius 3 is 2.31 bits per heavy atom. The lowest BCUT2D eigenvalue weighted by atomic mass is 10.2. The molecule has 5 heteroatoms. The highest BCUT2D eigenvalue weighted by molar-refractivity contribution is 9.11. The SMILES string of the molecule is COC(C)COc1c(Br)cc(CO)cc1Br. The minimum absolute atomic E-state index is 0.00591. The second-order valence-corrected chi connectivity index (χ2v) is 5.11. The van der Waals surface area contributed by atoms with Crippen molar-refractivity contribution < 1.29 is 14.6 Å². The van der Waals surface area contributed by atoms with E-state index < -0.39 is 0 Å². The van der Waals surface area contributed by atoms with Crippen molar-refractivity contribution in [3.8, 4) is 5.75 Å². The number of rotatable bonds is 5. The van der Waals surface area contributed by atoms with Crippen molar-refractivity contribution in [3.05, 3.63) is 26.6 Å². The Labute approximate surface area is 112 Å². The van der Waals surface area contributed by atoms with Crippen LogP contribution in [0.5, 0.6) is 5.75 Å². The molecule has 0 saturated carbocycles. The molecule has 0 aliphatic heterocycles. The topological polar surface area (TPSA) is 38.7 Å². The average molecular weight is 354 g/mol. The molecule has 0 aromatic heterocycles. The van der Waals surface area contributed by atoms with Gasteiger partial charge in [0, 0.05) is 7.11 Å². The summed E-state index contributed by atoms with van der Waals surface area (Å²) in [6, 6.07) is 3.66. The fraction of sp³-hybridized carbons (Fsp3) is 0.455. The molecule has 90 valence electrons. The number of aliphatic hydroxyl groups is 1. The van der Waals surface area contributed by atoms with Gasteiger partial charge in [-0.15, -0.1) is 0 Å². The van der Waals surface area contributed by atoms with E-state index >= 15 is 0 Å². The molecule has 0 aliphatic rings. The van der Waals surface area contributed by atoms with E-state index in [0.29, 0.717) is 6.61 Å². The lowest BCUT2D eigenvalue weighted by Gasteiger charge is -2.14. The summed E-state index contributed by atoms with van der Waals surface area (Å²) in [7, 11) is 1.65. The highest BCUT2D eigenvalue weighted by Crippen LogP contribution is 2.34. The summed E-state index contributed by atoms with van der Waals surface area (Å²) in [5.74, 6) is 0.723. The highest BCUT2D eigenvalue weighted by atomic mass is 79.9. The molecule has 3 nitrogen and oxygen atoms in total. The lowest BCUT2D eigenvalue weighted by molar-refractivity contribution is 0.0711. The lowest BCUT2D eigenvalue weighted by Crippen LogP contribution is -2.16. The number of ether oxygens (including phenoxy) is 2. The van der Waals surface area contributed by atoms with Crippen LogP contribution in [0.3, 0.4) is 0 Å². The molecule has 0 spiro atoms. The smallest absolute Gasteiger partial charge is 0.147 e.